The summed E-state index contributed by atoms with van der Waals surface area (Å²) in [5, 5.41) is 9.75. The lowest BCUT2D eigenvalue weighted by Gasteiger charge is -2.37. The van der Waals surface area contributed by atoms with Gasteiger partial charge in [-0.15, -0.1) is 0 Å². The predicted molar refractivity (Wildman–Crippen MR) is 72.2 cm³/mol. The summed E-state index contributed by atoms with van der Waals surface area (Å²) in [5.41, 5.74) is 1.89. The number of phenols is 1. The lowest BCUT2D eigenvalue weighted by atomic mass is 9.72. The average Bonchev–Trinajstić information content (AvgIpc) is 3.21. The summed E-state index contributed by atoms with van der Waals surface area (Å²) in [6.07, 6.45) is 1.02. The van der Waals surface area contributed by atoms with Gasteiger partial charge >= 0.3 is 5.97 Å². The number of phenolic OH excluding ortho intramolecular Hbond substituents is 1. The summed E-state index contributed by atoms with van der Waals surface area (Å²) in [7, 11) is 0. The Morgan fingerprint density at radius 3 is 2.55 bits per heavy atom. The number of hydrogen-bond donors (Lipinski definition) is 1. The highest BCUT2D eigenvalue weighted by atomic mass is 16.5. The number of carbonyl (C=O) groups is 1. The van der Waals surface area contributed by atoms with Crippen LogP contribution in [0.2, 0.25) is 0 Å². The first-order valence-electron chi connectivity index (χ1n) is 7.38. The third-order valence-electron chi connectivity index (χ3n) is 7.98. The minimum absolute atomic E-state index is 0.000907. The van der Waals surface area contributed by atoms with Gasteiger partial charge in [-0.3, -0.25) is 0 Å². The second-order valence-corrected chi connectivity index (χ2v) is 7.54. The molecule has 0 amide bonds. The molecule has 1 aromatic rings. The molecule has 0 saturated heterocycles. The molecule has 20 heavy (non-hydrogen) atoms. The number of fused-ring (bicyclic) bond motifs is 3. The monoisotopic (exact) mass is 270 g/mol. The summed E-state index contributed by atoms with van der Waals surface area (Å²) in [6.45, 7) is 7.02. The van der Waals surface area contributed by atoms with E-state index in [-0.39, 0.29) is 28.8 Å². The van der Waals surface area contributed by atoms with E-state index in [0.717, 1.165) is 12.3 Å². The fourth-order valence-corrected chi connectivity index (χ4v) is 7.09. The number of esters is 1. The van der Waals surface area contributed by atoms with Gasteiger partial charge in [0.25, 0.3) is 0 Å². The zero-order valence-electron chi connectivity index (χ0n) is 11.9. The van der Waals surface area contributed by atoms with Crippen molar-refractivity contribution in [1.82, 2.24) is 0 Å². The average molecular weight is 270 g/mol. The van der Waals surface area contributed by atoms with Crippen molar-refractivity contribution < 1.29 is 14.6 Å². The summed E-state index contributed by atoms with van der Waals surface area (Å²) >= 11 is 0. The maximum atomic E-state index is 12.3. The number of benzene rings is 1. The molecule has 104 valence electrons. The number of ether oxygens (including phenoxy) is 1. The van der Waals surface area contributed by atoms with E-state index in [0.29, 0.717) is 16.2 Å². The van der Waals surface area contributed by atoms with Gasteiger partial charge in [0.05, 0.1) is 0 Å². The highest BCUT2D eigenvalue weighted by molar-refractivity contribution is 5.92. The Morgan fingerprint density at radius 1 is 1.25 bits per heavy atom. The van der Waals surface area contributed by atoms with Crippen LogP contribution < -0.4 is 0 Å². The van der Waals surface area contributed by atoms with Crippen molar-refractivity contribution in [2.45, 2.75) is 33.3 Å². The maximum absolute atomic E-state index is 12.3. The number of rotatable bonds is 2. The van der Waals surface area contributed by atoms with Gasteiger partial charge in [-0.1, -0.05) is 32.9 Å². The minimum atomic E-state index is -0.386. The van der Waals surface area contributed by atoms with Gasteiger partial charge in [-0.25, -0.2) is 4.79 Å². The fraction of sp³-hybridized carbons (Fsp3) is 0.588. The molecule has 1 aromatic carbocycles. The van der Waals surface area contributed by atoms with Crippen molar-refractivity contribution in [2.75, 3.05) is 0 Å². The van der Waals surface area contributed by atoms with E-state index < -0.39 is 0 Å². The summed E-state index contributed by atoms with van der Waals surface area (Å²) < 4.78 is 5.76. The van der Waals surface area contributed by atoms with Crippen LogP contribution in [-0.2, 0) is 4.74 Å². The molecule has 5 rings (SSSR count). The second kappa shape index (κ2) is 2.51. The lowest BCUT2D eigenvalue weighted by molar-refractivity contribution is -0.0258. The van der Waals surface area contributed by atoms with Crippen LogP contribution in [0.3, 0.4) is 0 Å². The van der Waals surface area contributed by atoms with E-state index in [1.165, 1.54) is 6.07 Å². The van der Waals surface area contributed by atoms with Gasteiger partial charge in [-0.05, 0) is 40.7 Å². The molecule has 6 unspecified atom stereocenters. The second-order valence-electron chi connectivity index (χ2n) is 7.54. The molecule has 0 radical (unpaired) electrons. The smallest absolute Gasteiger partial charge is 0.342 e. The van der Waals surface area contributed by atoms with Crippen LogP contribution >= 0.6 is 0 Å². The summed E-state index contributed by atoms with van der Waals surface area (Å²) in [5.74, 6) is 0.372. The molecule has 1 spiro atoms. The Balaban J connectivity index is 1.41. The van der Waals surface area contributed by atoms with E-state index >= 15 is 0 Å². The molecule has 4 saturated carbocycles. The van der Waals surface area contributed by atoms with E-state index in [1.807, 2.05) is 0 Å². The maximum Gasteiger partial charge on any atom is 0.342 e. The Hall–Kier alpha value is -1.51. The molecule has 6 atom stereocenters. The largest absolute Gasteiger partial charge is 0.507 e. The minimum Gasteiger partial charge on any atom is -0.507 e. The van der Waals surface area contributed by atoms with Crippen molar-refractivity contribution >= 4 is 5.97 Å². The van der Waals surface area contributed by atoms with Gasteiger partial charge in [0.15, 0.2) is 0 Å². The van der Waals surface area contributed by atoms with Gasteiger partial charge in [0.2, 0.25) is 0 Å². The van der Waals surface area contributed by atoms with Crippen LogP contribution in [-0.4, -0.2) is 17.2 Å². The highest BCUT2D eigenvalue weighted by Crippen LogP contribution is 3.25. The molecule has 3 nitrogen and oxygen atoms in total. The molecular formula is C17H18O3. The quantitative estimate of drug-likeness (QED) is 0.840. The molecule has 0 bridgehead atoms. The van der Waals surface area contributed by atoms with Crippen LogP contribution in [0.5, 0.6) is 5.75 Å². The van der Waals surface area contributed by atoms with Crippen LogP contribution in [0.1, 0.15) is 37.6 Å². The third-order valence-corrected chi connectivity index (χ3v) is 7.98. The first-order valence-corrected chi connectivity index (χ1v) is 7.38. The van der Waals surface area contributed by atoms with Crippen LogP contribution in [0.25, 0.3) is 0 Å². The SMILES string of the molecule is CC12C(OC(=O)c3ccccc3O)CC3C4(C)C1(C)C324. The fourth-order valence-electron chi connectivity index (χ4n) is 7.09. The molecule has 1 N–H and O–H groups in total. The zero-order valence-corrected chi connectivity index (χ0v) is 11.9. The Bertz CT molecular complexity index is 697. The Morgan fingerprint density at radius 2 is 1.95 bits per heavy atom. The molecule has 0 aliphatic heterocycles. The van der Waals surface area contributed by atoms with Crippen molar-refractivity contribution in [3.05, 3.63) is 29.8 Å². The molecule has 4 fully saturated rings. The number of carbonyl (C=O) groups excluding carboxylic acids is 1. The number of aromatic hydroxyl groups is 1. The van der Waals surface area contributed by atoms with E-state index in [9.17, 15) is 9.90 Å². The molecular weight excluding hydrogens is 252 g/mol. The predicted octanol–water partition coefficient (Wildman–Crippen LogP) is 2.98. The van der Waals surface area contributed by atoms with Crippen molar-refractivity contribution in [2.24, 2.45) is 27.6 Å². The van der Waals surface area contributed by atoms with Crippen LogP contribution in [0.4, 0.5) is 0 Å². The van der Waals surface area contributed by atoms with Gasteiger partial charge in [0.1, 0.15) is 17.4 Å². The van der Waals surface area contributed by atoms with Crippen molar-refractivity contribution in [1.29, 1.82) is 0 Å². The van der Waals surface area contributed by atoms with Gasteiger partial charge < -0.3 is 9.84 Å². The summed E-state index contributed by atoms with van der Waals surface area (Å²) in [6, 6.07) is 6.60. The molecule has 0 aromatic heterocycles. The van der Waals surface area contributed by atoms with Crippen molar-refractivity contribution in [3.63, 3.8) is 0 Å². The van der Waals surface area contributed by atoms with Crippen LogP contribution in [0.15, 0.2) is 24.3 Å². The Kier molecular flexibility index (Phi) is 1.41. The summed E-state index contributed by atoms with van der Waals surface area (Å²) in [4.78, 5) is 12.3. The van der Waals surface area contributed by atoms with Crippen LogP contribution in [0, 0.1) is 27.6 Å². The number of hydrogen-bond acceptors (Lipinski definition) is 3. The Labute approximate surface area is 117 Å². The first kappa shape index (κ1) is 11.2. The molecule has 0 heterocycles. The van der Waals surface area contributed by atoms with Gasteiger partial charge in [-0.2, -0.15) is 0 Å². The number of para-hydroxylation sites is 1. The highest BCUT2D eigenvalue weighted by Gasteiger charge is 3.24. The topological polar surface area (TPSA) is 46.5 Å². The van der Waals surface area contributed by atoms with E-state index in [1.54, 1.807) is 18.2 Å². The lowest BCUT2D eigenvalue weighted by Crippen LogP contribution is -2.38. The molecule has 3 heteroatoms. The van der Waals surface area contributed by atoms with E-state index in [2.05, 4.69) is 20.8 Å². The van der Waals surface area contributed by atoms with E-state index in [4.69, 9.17) is 4.74 Å². The first-order chi connectivity index (χ1) is 9.39. The molecule has 4 aliphatic rings. The normalized spacial score (nSPS) is 55.8. The van der Waals surface area contributed by atoms with Crippen molar-refractivity contribution in [3.8, 4) is 5.75 Å². The third kappa shape index (κ3) is 0.642. The van der Waals surface area contributed by atoms with Gasteiger partial charge in [0, 0.05) is 5.41 Å². The standard InChI is InChI=1S/C17H18O3/c1-14-11-8-12(15(2)16(14,3)17(11,14)15)20-13(19)9-6-4-5-7-10(9)18/h4-7,11-12,18H,8H2,1-3H3. The molecule has 4 aliphatic carbocycles. The zero-order chi connectivity index (χ0) is 14.1.